The number of aromatic nitrogens is 1. The van der Waals surface area contributed by atoms with Crippen LogP contribution in [0.1, 0.15) is 34.8 Å². The molecule has 0 bridgehead atoms. The Morgan fingerprint density at radius 3 is 2.52 bits per heavy atom. The van der Waals surface area contributed by atoms with Crippen LogP contribution in [0.25, 0.3) is 10.9 Å². The fourth-order valence-electron chi connectivity index (χ4n) is 2.64. The van der Waals surface area contributed by atoms with E-state index in [4.69, 9.17) is 5.11 Å². The molecule has 0 unspecified atom stereocenters. The molecule has 0 radical (unpaired) electrons. The van der Waals surface area contributed by atoms with E-state index in [0.29, 0.717) is 21.5 Å². The summed E-state index contributed by atoms with van der Waals surface area (Å²) in [5.41, 5.74) is 1.05. The molecule has 3 rings (SSSR count). The molecule has 0 saturated heterocycles. The maximum absolute atomic E-state index is 13.7. The van der Waals surface area contributed by atoms with Gasteiger partial charge in [0, 0.05) is 17.1 Å². The third-order valence-electron chi connectivity index (χ3n) is 3.67. The van der Waals surface area contributed by atoms with Crippen LogP contribution in [0, 0.1) is 12.7 Å². The summed E-state index contributed by atoms with van der Waals surface area (Å²) in [6.45, 7) is 5.61. The van der Waals surface area contributed by atoms with Crippen LogP contribution in [0.5, 0.6) is 5.75 Å². The number of carboxylic acids is 1. The molecule has 0 aliphatic heterocycles. The van der Waals surface area contributed by atoms with Crippen LogP contribution in [0.15, 0.2) is 29.6 Å². The van der Waals surface area contributed by atoms with Gasteiger partial charge in [-0.1, -0.05) is 19.9 Å². The number of hydrogen-bond acceptors (Lipinski definition) is 4. The molecule has 2 aromatic heterocycles. The molecule has 2 heterocycles. The standard InChI is InChI=1S/C16H12FNO4S.C2H6/c1-8-9(6-15(20)21)10-5-13(19)11(17)7-12(10)18(8)16(22)14-3-2-4-23-14;1-2/h2-5,7,19H,6H2,1H3,(H,20,21);1-2H3. The van der Waals surface area contributed by atoms with Gasteiger partial charge in [0.2, 0.25) is 0 Å². The van der Waals surface area contributed by atoms with Crippen LogP contribution in [0.3, 0.4) is 0 Å². The van der Waals surface area contributed by atoms with Crippen LogP contribution in [-0.2, 0) is 11.2 Å². The Balaban J connectivity index is 0.00000109. The van der Waals surface area contributed by atoms with Gasteiger partial charge in [0.05, 0.1) is 16.8 Å². The minimum atomic E-state index is -1.07. The van der Waals surface area contributed by atoms with Crippen molar-refractivity contribution in [2.75, 3.05) is 0 Å². The van der Waals surface area contributed by atoms with Crippen molar-refractivity contribution >= 4 is 34.1 Å². The van der Waals surface area contributed by atoms with Crippen LogP contribution < -0.4 is 0 Å². The summed E-state index contributed by atoms with van der Waals surface area (Å²) in [7, 11) is 0. The third-order valence-corrected chi connectivity index (χ3v) is 4.52. The SMILES string of the molecule is CC.Cc1c(CC(=O)O)c2cc(O)c(F)cc2n1C(=O)c1cccs1. The fraction of sp³-hybridized carbons (Fsp3) is 0.222. The molecule has 1 aromatic carbocycles. The summed E-state index contributed by atoms with van der Waals surface area (Å²) in [5.74, 6) is -2.87. The molecule has 0 aliphatic rings. The number of phenols is 1. The van der Waals surface area contributed by atoms with Gasteiger partial charge >= 0.3 is 5.97 Å². The zero-order chi connectivity index (χ0) is 18.7. The minimum absolute atomic E-state index is 0.243. The van der Waals surface area contributed by atoms with Gasteiger partial charge in [0.25, 0.3) is 5.91 Å². The molecule has 132 valence electrons. The van der Waals surface area contributed by atoms with Crippen LogP contribution in [0.2, 0.25) is 0 Å². The van der Waals surface area contributed by atoms with Crippen molar-refractivity contribution in [2.24, 2.45) is 0 Å². The lowest BCUT2D eigenvalue weighted by molar-refractivity contribution is -0.136. The van der Waals surface area contributed by atoms with Gasteiger partial charge in [-0.3, -0.25) is 14.2 Å². The topological polar surface area (TPSA) is 79.5 Å². The summed E-state index contributed by atoms with van der Waals surface area (Å²) < 4.78 is 15.0. The van der Waals surface area contributed by atoms with Gasteiger partial charge in [-0.15, -0.1) is 11.3 Å². The highest BCUT2D eigenvalue weighted by Crippen LogP contribution is 2.32. The number of phenolic OH excluding ortho intramolecular Hbond substituents is 1. The van der Waals surface area contributed by atoms with Crippen molar-refractivity contribution in [1.29, 1.82) is 0 Å². The molecule has 0 fully saturated rings. The normalized spacial score (nSPS) is 10.4. The molecule has 0 saturated carbocycles. The summed E-state index contributed by atoms with van der Waals surface area (Å²) in [6.07, 6.45) is -0.321. The number of rotatable bonds is 3. The van der Waals surface area contributed by atoms with Crippen molar-refractivity contribution in [3.05, 3.63) is 51.6 Å². The summed E-state index contributed by atoms with van der Waals surface area (Å²) >= 11 is 1.24. The van der Waals surface area contributed by atoms with Crippen LogP contribution >= 0.6 is 11.3 Å². The quantitative estimate of drug-likeness (QED) is 0.731. The number of aliphatic carboxylic acids is 1. The Morgan fingerprint density at radius 2 is 1.96 bits per heavy atom. The molecule has 0 amide bonds. The van der Waals surface area contributed by atoms with E-state index in [0.717, 1.165) is 12.1 Å². The maximum atomic E-state index is 13.7. The third kappa shape index (κ3) is 3.41. The second-order valence-corrected chi connectivity index (χ2v) is 6.02. The number of hydrogen-bond donors (Lipinski definition) is 2. The lowest BCUT2D eigenvalue weighted by atomic mass is 10.1. The molecular weight excluding hydrogens is 345 g/mol. The summed E-state index contributed by atoms with van der Waals surface area (Å²) in [6, 6.07) is 5.58. The number of carboxylic acid groups (broad SMARTS) is 1. The van der Waals surface area contributed by atoms with Gasteiger partial charge in [0.15, 0.2) is 11.6 Å². The van der Waals surface area contributed by atoms with Crippen molar-refractivity contribution in [2.45, 2.75) is 27.2 Å². The Morgan fingerprint density at radius 1 is 1.28 bits per heavy atom. The highest BCUT2D eigenvalue weighted by atomic mass is 32.1. The Bertz CT molecular complexity index is 929. The van der Waals surface area contributed by atoms with Crippen molar-refractivity contribution in [3.63, 3.8) is 0 Å². The monoisotopic (exact) mass is 363 g/mol. The number of thiophene rings is 1. The Hall–Kier alpha value is -2.67. The molecule has 5 nitrogen and oxygen atoms in total. The van der Waals surface area contributed by atoms with E-state index in [-0.39, 0.29) is 17.8 Å². The average molecular weight is 363 g/mol. The number of carbonyl (C=O) groups excluding carboxylic acids is 1. The molecule has 0 atom stereocenters. The second kappa shape index (κ2) is 7.48. The summed E-state index contributed by atoms with van der Waals surface area (Å²) in [5, 5.41) is 20.8. The second-order valence-electron chi connectivity index (χ2n) is 5.07. The van der Waals surface area contributed by atoms with E-state index in [9.17, 15) is 19.1 Å². The smallest absolute Gasteiger partial charge is 0.307 e. The average Bonchev–Trinajstić information content (AvgIpc) is 3.19. The van der Waals surface area contributed by atoms with E-state index in [1.807, 2.05) is 13.8 Å². The molecule has 0 aliphatic carbocycles. The summed E-state index contributed by atoms with van der Waals surface area (Å²) in [4.78, 5) is 24.2. The van der Waals surface area contributed by atoms with Gasteiger partial charge in [-0.25, -0.2) is 4.39 Å². The Labute approximate surface area is 148 Å². The van der Waals surface area contributed by atoms with E-state index in [1.54, 1.807) is 24.4 Å². The van der Waals surface area contributed by atoms with E-state index < -0.39 is 17.5 Å². The lowest BCUT2D eigenvalue weighted by Crippen LogP contribution is -2.13. The molecular formula is C18H18FNO4S. The first-order valence-electron chi connectivity index (χ1n) is 7.72. The zero-order valence-corrected chi connectivity index (χ0v) is 14.9. The Kier molecular flexibility index (Phi) is 5.58. The van der Waals surface area contributed by atoms with Crippen molar-refractivity contribution in [3.8, 4) is 5.75 Å². The number of fused-ring (bicyclic) bond motifs is 1. The maximum Gasteiger partial charge on any atom is 0.307 e. The van der Waals surface area contributed by atoms with Gasteiger partial charge < -0.3 is 10.2 Å². The first-order valence-corrected chi connectivity index (χ1v) is 8.60. The predicted octanol–water partition coefficient (Wildman–Crippen LogP) is 4.20. The number of carbonyl (C=O) groups is 2. The lowest BCUT2D eigenvalue weighted by Gasteiger charge is -2.05. The zero-order valence-electron chi connectivity index (χ0n) is 14.0. The van der Waals surface area contributed by atoms with Gasteiger partial charge in [-0.2, -0.15) is 0 Å². The molecule has 0 spiro atoms. The van der Waals surface area contributed by atoms with Gasteiger partial charge in [-0.05, 0) is 30.0 Å². The van der Waals surface area contributed by atoms with Gasteiger partial charge in [0.1, 0.15) is 0 Å². The highest BCUT2D eigenvalue weighted by molar-refractivity contribution is 7.12. The van der Waals surface area contributed by atoms with E-state index >= 15 is 0 Å². The van der Waals surface area contributed by atoms with E-state index in [1.165, 1.54) is 15.9 Å². The number of nitrogens with zero attached hydrogens (tertiary/aromatic N) is 1. The number of halogens is 1. The molecule has 2 N–H and O–H groups in total. The minimum Gasteiger partial charge on any atom is -0.505 e. The molecule has 3 aromatic rings. The predicted molar refractivity (Wildman–Crippen MR) is 95.0 cm³/mol. The van der Waals surface area contributed by atoms with E-state index in [2.05, 4.69) is 0 Å². The first-order chi connectivity index (χ1) is 11.9. The number of aromatic hydroxyl groups is 1. The first kappa shape index (κ1) is 18.7. The highest BCUT2D eigenvalue weighted by Gasteiger charge is 2.23. The van der Waals surface area contributed by atoms with Crippen molar-refractivity contribution in [1.82, 2.24) is 4.57 Å². The van der Waals surface area contributed by atoms with Crippen LogP contribution in [0.4, 0.5) is 4.39 Å². The van der Waals surface area contributed by atoms with Crippen molar-refractivity contribution < 1.29 is 24.2 Å². The molecule has 7 heteroatoms. The fourth-order valence-corrected chi connectivity index (χ4v) is 3.29. The number of benzene rings is 1. The van der Waals surface area contributed by atoms with Crippen LogP contribution in [-0.4, -0.2) is 26.7 Å². The largest absolute Gasteiger partial charge is 0.505 e. The molecule has 25 heavy (non-hydrogen) atoms.